The highest BCUT2D eigenvalue weighted by atomic mass is 16.5. The summed E-state index contributed by atoms with van der Waals surface area (Å²) in [6, 6.07) is 23.2. The first-order valence-corrected chi connectivity index (χ1v) is 15.8. The number of aromatic amines is 1. The van der Waals surface area contributed by atoms with Crippen molar-refractivity contribution in [2.24, 2.45) is 0 Å². The summed E-state index contributed by atoms with van der Waals surface area (Å²) in [6.45, 7) is 7.58. The van der Waals surface area contributed by atoms with Gasteiger partial charge in [0.15, 0.2) is 11.5 Å². The largest absolute Gasteiger partial charge is 0.502 e. The number of aromatic nitrogens is 2. The van der Waals surface area contributed by atoms with Gasteiger partial charge in [0.1, 0.15) is 5.82 Å². The maximum atomic E-state index is 11.0. The Labute approximate surface area is 250 Å². The van der Waals surface area contributed by atoms with Gasteiger partial charge in [0.25, 0.3) is 0 Å². The van der Waals surface area contributed by atoms with Crippen LogP contribution in [0.4, 0.5) is 5.69 Å². The number of phenols is 1. The predicted molar refractivity (Wildman–Crippen MR) is 172 cm³/mol. The minimum atomic E-state index is 0.0512. The third kappa shape index (κ3) is 7.47. The van der Waals surface area contributed by atoms with Crippen molar-refractivity contribution in [2.45, 2.75) is 71.6 Å². The predicted octanol–water partition coefficient (Wildman–Crippen LogP) is 8.58. The molecule has 1 aliphatic rings. The van der Waals surface area contributed by atoms with E-state index in [1.54, 1.807) is 0 Å². The van der Waals surface area contributed by atoms with E-state index in [4.69, 9.17) is 14.5 Å². The second kappa shape index (κ2) is 14.8. The second-order valence-corrected chi connectivity index (χ2v) is 11.2. The van der Waals surface area contributed by atoms with Crippen molar-refractivity contribution in [2.75, 3.05) is 31.2 Å². The number of nitrogens with zero attached hydrogens (tertiary/aromatic N) is 2. The summed E-state index contributed by atoms with van der Waals surface area (Å²) in [7, 11) is 0. The van der Waals surface area contributed by atoms with Crippen molar-refractivity contribution in [3.05, 3.63) is 78.0 Å². The number of H-pyrrole nitrogens is 1. The molecule has 0 amide bonds. The summed E-state index contributed by atoms with van der Waals surface area (Å²) >= 11 is 0. The molecule has 0 unspecified atom stereocenters. The third-order valence-electron chi connectivity index (χ3n) is 7.97. The number of nitrogens with one attached hydrogen (secondary N) is 1. The Morgan fingerprint density at radius 1 is 0.786 bits per heavy atom. The number of anilines is 1. The third-order valence-corrected chi connectivity index (χ3v) is 7.97. The second-order valence-electron chi connectivity index (χ2n) is 11.2. The van der Waals surface area contributed by atoms with Crippen molar-refractivity contribution in [1.82, 2.24) is 9.97 Å². The van der Waals surface area contributed by atoms with Crippen LogP contribution in [0.1, 0.15) is 70.1 Å². The van der Waals surface area contributed by atoms with Crippen LogP contribution in [-0.2, 0) is 12.8 Å². The van der Waals surface area contributed by atoms with Crippen LogP contribution >= 0.6 is 0 Å². The molecule has 2 N–H and O–H groups in total. The topological polar surface area (TPSA) is 70.6 Å². The molecule has 0 atom stereocenters. The van der Waals surface area contributed by atoms with E-state index < -0.39 is 0 Å². The minimum absolute atomic E-state index is 0.0512. The lowest BCUT2D eigenvalue weighted by Gasteiger charge is -2.28. The van der Waals surface area contributed by atoms with E-state index in [-0.39, 0.29) is 5.75 Å². The molecule has 3 aromatic carbocycles. The van der Waals surface area contributed by atoms with Gasteiger partial charge in [-0.1, -0.05) is 69.2 Å². The summed E-state index contributed by atoms with van der Waals surface area (Å²) in [5.41, 5.74) is 6.56. The van der Waals surface area contributed by atoms with Crippen LogP contribution in [0.5, 0.6) is 17.2 Å². The van der Waals surface area contributed by atoms with Gasteiger partial charge in [0, 0.05) is 35.6 Å². The first-order chi connectivity index (χ1) is 20.7. The Bertz CT molecular complexity index is 1360. The number of unbranched alkanes of at least 4 members (excludes halogenated alkanes) is 2. The molecule has 1 aliphatic heterocycles. The Kier molecular flexibility index (Phi) is 10.4. The van der Waals surface area contributed by atoms with Gasteiger partial charge in [-0.15, -0.1) is 0 Å². The van der Waals surface area contributed by atoms with E-state index in [9.17, 15) is 5.11 Å². The molecule has 5 rings (SSSR count). The maximum absolute atomic E-state index is 11.0. The average molecular weight is 568 g/mol. The van der Waals surface area contributed by atoms with E-state index >= 15 is 0 Å². The van der Waals surface area contributed by atoms with Crippen LogP contribution in [0.3, 0.4) is 0 Å². The van der Waals surface area contributed by atoms with Gasteiger partial charge in [-0.05, 0) is 74.8 Å². The molecule has 0 aliphatic carbocycles. The normalized spacial score (nSPS) is 13.3. The van der Waals surface area contributed by atoms with Crippen molar-refractivity contribution < 1.29 is 14.6 Å². The molecule has 1 saturated heterocycles. The zero-order valence-electron chi connectivity index (χ0n) is 25.2. The highest BCUT2D eigenvalue weighted by Crippen LogP contribution is 2.41. The van der Waals surface area contributed by atoms with Crippen LogP contribution < -0.4 is 14.4 Å². The van der Waals surface area contributed by atoms with E-state index in [2.05, 4.69) is 78.3 Å². The smallest absolute Gasteiger partial charge is 0.200 e. The number of rotatable bonds is 14. The SMILES string of the molecule is CCCCOc1cc(-c2nc(-c3ccc(N4CCCCC4)cc3)c(CCc3ccccc3)[nH]2)cc(OCCCC)c1O. The summed E-state index contributed by atoms with van der Waals surface area (Å²) in [5.74, 6) is 1.66. The van der Waals surface area contributed by atoms with Crippen LogP contribution in [0, 0.1) is 0 Å². The standard InChI is InChI=1S/C36H45N3O3/c1-3-5-23-41-32-25-29(26-33(35(32)40)42-24-6-4-2)36-37-31(20-15-27-13-9-7-10-14-27)34(38-36)28-16-18-30(19-17-28)39-21-11-8-12-22-39/h7,9-10,13-14,16-19,25-26,40H,3-6,8,11-12,15,20-24H2,1-2H3,(H,37,38). The number of phenolic OH excluding ortho intramolecular Hbond substituents is 1. The van der Waals surface area contributed by atoms with E-state index in [0.717, 1.165) is 80.0 Å². The van der Waals surface area contributed by atoms with Crippen molar-refractivity contribution >= 4 is 5.69 Å². The first-order valence-electron chi connectivity index (χ1n) is 15.8. The molecule has 2 heterocycles. The number of aryl methyl sites for hydroxylation is 2. The van der Waals surface area contributed by atoms with Crippen LogP contribution in [0.15, 0.2) is 66.7 Å². The number of benzene rings is 3. The highest BCUT2D eigenvalue weighted by Gasteiger charge is 2.19. The number of hydrogen-bond acceptors (Lipinski definition) is 5. The molecule has 0 spiro atoms. The minimum Gasteiger partial charge on any atom is -0.502 e. The van der Waals surface area contributed by atoms with Gasteiger partial charge in [-0.3, -0.25) is 0 Å². The van der Waals surface area contributed by atoms with E-state index in [0.29, 0.717) is 24.7 Å². The number of ether oxygens (including phenoxy) is 2. The fourth-order valence-corrected chi connectivity index (χ4v) is 5.45. The first kappa shape index (κ1) is 29.6. The van der Waals surface area contributed by atoms with Crippen LogP contribution in [0.2, 0.25) is 0 Å². The zero-order chi connectivity index (χ0) is 29.1. The van der Waals surface area contributed by atoms with Gasteiger partial charge < -0.3 is 24.5 Å². The summed E-state index contributed by atoms with van der Waals surface area (Å²) in [5, 5.41) is 11.0. The number of imidazole rings is 1. The Balaban J connectivity index is 1.49. The lowest BCUT2D eigenvalue weighted by atomic mass is 10.0. The van der Waals surface area contributed by atoms with Gasteiger partial charge in [0.05, 0.1) is 18.9 Å². The molecule has 1 fully saturated rings. The molecule has 6 nitrogen and oxygen atoms in total. The van der Waals surface area contributed by atoms with Gasteiger partial charge in [-0.2, -0.15) is 0 Å². The average Bonchev–Trinajstić information content (AvgIpc) is 3.47. The fraction of sp³-hybridized carbons (Fsp3) is 0.417. The molecular weight excluding hydrogens is 522 g/mol. The lowest BCUT2D eigenvalue weighted by molar-refractivity contribution is 0.268. The monoisotopic (exact) mass is 567 g/mol. The molecule has 1 aromatic heterocycles. The molecule has 42 heavy (non-hydrogen) atoms. The summed E-state index contributed by atoms with van der Waals surface area (Å²) in [6.07, 6.45) is 9.45. The summed E-state index contributed by atoms with van der Waals surface area (Å²) in [4.78, 5) is 11.3. The molecule has 0 bridgehead atoms. The number of aromatic hydroxyl groups is 1. The van der Waals surface area contributed by atoms with E-state index in [1.807, 2.05) is 12.1 Å². The van der Waals surface area contributed by atoms with Crippen molar-refractivity contribution in [1.29, 1.82) is 0 Å². The summed E-state index contributed by atoms with van der Waals surface area (Å²) < 4.78 is 12.0. The lowest BCUT2D eigenvalue weighted by Crippen LogP contribution is -2.29. The van der Waals surface area contributed by atoms with Crippen LogP contribution in [0.25, 0.3) is 22.6 Å². The van der Waals surface area contributed by atoms with Gasteiger partial charge >= 0.3 is 0 Å². The molecule has 222 valence electrons. The molecule has 4 aromatic rings. The maximum Gasteiger partial charge on any atom is 0.200 e. The Morgan fingerprint density at radius 3 is 2.05 bits per heavy atom. The van der Waals surface area contributed by atoms with Gasteiger partial charge in [0.2, 0.25) is 5.75 Å². The Hall–Kier alpha value is -3.93. The quantitative estimate of drug-likeness (QED) is 0.149. The number of hydrogen-bond donors (Lipinski definition) is 2. The van der Waals surface area contributed by atoms with Crippen molar-refractivity contribution in [3.8, 4) is 39.9 Å². The Morgan fingerprint density at radius 2 is 1.43 bits per heavy atom. The van der Waals surface area contributed by atoms with Crippen molar-refractivity contribution in [3.63, 3.8) is 0 Å². The van der Waals surface area contributed by atoms with E-state index in [1.165, 1.54) is 30.5 Å². The number of piperidine rings is 1. The molecule has 0 radical (unpaired) electrons. The van der Waals surface area contributed by atoms with Crippen LogP contribution in [-0.4, -0.2) is 41.4 Å². The molecular formula is C36H45N3O3. The fourth-order valence-electron chi connectivity index (χ4n) is 5.45. The van der Waals surface area contributed by atoms with Gasteiger partial charge in [-0.25, -0.2) is 4.98 Å². The zero-order valence-corrected chi connectivity index (χ0v) is 25.2. The molecule has 6 heteroatoms. The molecule has 0 saturated carbocycles. The highest BCUT2D eigenvalue weighted by molar-refractivity contribution is 5.72.